The molecule has 0 saturated carbocycles. The van der Waals surface area contributed by atoms with Gasteiger partial charge in [-0.15, -0.1) is 0 Å². The Morgan fingerprint density at radius 1 is 0.675 bits per heavy atom. The lowest BCUT2D eigenvalue weighted by molar-refractivity contribution is 0.303. The molecule has 3 rings (SSSR count). The predicted molar refractivity (Wildman–Crippen MR) is 165 cm³/mol. The molecule has 214 valence electrons. The van der Waals surface area contributed by atoms with E-state index in [1.54, 1.807) is 24.6 Å². The SMILES string of the molecule is CCCCCCOc1ccc(C=NCC(N=Cc2ccc(OCCCCCC)cc2O)c2ccccc2)c(O)c1. The van der Waals surface area contributed by atoms with E-state index in [2.05, 4.69) is 18.8 Å². The maximum Gasteiger partial charge on any atom is 0.128 e. The van der Waals surface area contributed by atoms with Crippen molar-refractivity contribution in [2.75, 3.05) is 19.8 Å². The molecule has 0 bridgehead atoms. The Balaban J connectivity index is 1.62. The molecule has 0 heterocycles. The van der Waals surface area contributed by atoms with Crippen molar-refractivity contribution in [1.29, 1.82) is 0 Å². The van der Waals surface area contributed by atoms with Crippen molar-refractivity contribution in [2.45, 2.75) is 71.3 Å². The number of aromatic hydroxyl groups is 2. The van der Waals surface area contributed by atoms with Crippen molar-refractivity contribution in [3.05, 3.63) is 83.4 Å². The molecule has 0 aromatic heterocycles. The van der Waals surface area contributed by atoms with Gasteiger partial charge in [-0.3, -0.25) is 9.98 Å². The number of rotatable bonds is 18. The number of unbranched alkanes of at least 4 members (excludes halogenated alkanes) is 6. The Kier molecular flexibility index (Phi) is 13.6. The molecular formula is C34H44N2O4. The van der Waals surface area contributed by atoms with Crippen LogP contribution in [0.2, 0.25) is 0 Å². The average molecular weight is 545 g/mol. The molecule has 0 saturated heterocycles. The van der Waals surface area contributed by atoms with Gasteiger partial charge in [0.2, 0.25) is 0 Å². The van der Waals surface area contributed by atoms with E-state index in [1.807, 2.05) is 54.6 Å². The van der Waals surface area contributed by atoms with E-state index >= 15 is 0 Å². The first-order valence-corrected chi connectivity index (χ1v) is 14.6. The first-order chi connectivity index (χ1) is 19.6. The fourth-order valence-electron chi connectivity index (χ4n) is 4.22. The van der Waals surface area contributed by atoms with Crippen molar-refractivity contribution in [1.82, 2.24) is 0 Å². The molecule has 3 aromatic carbocycles. The Morgan fingerprint density at radius 3 is 1.75 bits per heavy atom. The third-order valence-electron chi connectivity index (χ3n) is 6.62. The van der Waals surface area contributed by atoms with Crippen LogP contribution in [0, 0.1) is 0 Å². The predicted octanol–water partition coefficient (Wildman–Crippen LogP) is 8.30. The van der Waals surface area contributed by atoms with Gasteiger partial charge in [0.25, 0.3) is 0 Å². The fourth-order valence-corrected chi connectivity index (χ4v) is 4.22. The second kappa shape index (κ2) is 17.7. The van der Waals surface area contributed by atoms with Gasteiger partial charge in [-0.1, -0.05) is 82.7 Å². The lowest BCUT2D eigenvalue weighted by Crippen LogP contribution is -2.02. The average Bonchev–Trinajstić information content (AvgIpc) is 2.97. The molecule has 0 radical (unpaired) electrons. The fraction of sp³-hybridized carbons (Fsp3) is 0.412. The Hall–Kier alpha value is -3.80. The van der Waals surface area contributed by atoms with Gasteiger partial charge in [0.05, 0.1) is 25.8 Å². The van der Waals surface area contributed by atoms with Crippen LogP contribution in [0.1, 0.15) is 87.9 Å². The molecule has 0 aliphatic rings. The normalized spacial score (nSPS) is 12.2. The highest BCUT2D eigenvalue weighted by molar-refractivity contribution is 5.84. The van der Waals surface area contributed by atoms with Crippen LogP contribution in [0.5, 0.6) is 23.0 Å². The van der Waals surface area contributed by atoms with Crippen molar-refractivity contribution in [3.63, 3.8) is 0 Å². The number of phenolic OH excluding ortho intramolecular Hbond substituents is 2. The molecule has 6 heteroatoms. The number of phenols is 2. The van der Waals surface area contributed by atoms with Crippen molar-refractivity contribution < 1.29 is 19.7 Å². The summed E-state index contributed by atoms with van der Waals surface area (Å²) in [4.78, 5) is 9.34. The number of nitrogens with zero attached hydrogens (tertiary/aromatic N) is 2. The van der Waals surface area contributed by atoms with Crippen LogP contribution in [-0.4, -0.2) is 42.4 Å². The minimum absolute atomic E-state index is 0.128. The van der Waals surface area contributed by atoms with Gasteiger partial charge in [0, 0.05) is 35.7 Å². The number of aliphatic imine (C=N–C) groups is 2. The van der Waals surface area contributed by atoms with Crippen LogP contribution in [0.4, 0.5) is 0 Å². The zero-order valence-corrected chi connectivity index (χ0v) is 24.0. The molecule has 0 fully saturated rings. The highest BCUT2D eigenvalue weighted by Gasteiger charge is 2.10. The van der Waals surface area contributed by atoms with Crippen molar-refractivity contribution in [2.24, 2.45) is 9.98 Å². The molecule has 6 nitrogen and oxygen atoms in total. The van der Waals surface area contributed by atoms with E-state index in [9.17, 15) is 10.2 Å². The lowest BCUT2D eigenvalue weighted by atomic mass is 10.1. The van der Waals surface area contributed by atoms with Crippen LogP contribution >= 0.6 is 0 Å². The van der Waals surface area contributed by atoms with Gasteiger partial charge in [-0.05, 0) is 42.7 Å². The summed E-state index contributed by atoms with van der Waals surface area (Å²) in [7, 11) is 0. The summed E-state index contributed by atoms with van der Waals surface area (Å²) in [6.07, 6.45) is 12.4. The van der Waals surface area contributed by atoms with E-state index in [0.29, 0.717) is 42.4 Å². The molecule has 0 spiro atoms. The zero-order valence-electron chi connectivity index (χ0n) is 24.0. The summed E-state index contributed by atoms with van der Waals surface area (Å²) in [5.41, 5.74) is 2.25. The molecule has 2 N–H and O–H groups in total. The van der Waals surface area contributed by atoms with E-state index in [4.69, 9.17) is 14.5 Å². The number of hydrogen-bond acceptors (Lipinski definition) is 6. The summed E-state index contributed by atoms with van der Waals surface area (Å²) >= 11 is 0. The highest BCUT2D eigenvalue weighted by atomic mass is 16.5. The Bertz CT molecular complexity index is 1190. The van der Waals surface area contributed by atoms with Crippen LogP contribution in [0.15, 0.2) is 76.7 Å². The summed E-state index contributed by atoms with van der Waals surface area (Å²) in [5.74, 6) is 1.57. The van der Waals surface area contributed by atoms with Gasteiger partial charge in [-0.2, -0.15) is 0 Å². The molecular weight excluding hydrogens is 500 g/mol. The molecule has 40 heavy (non-hydrogen) atoms. The van der Waals surface area contributed by atoms with Crippen LogP contribution < -0.4 is 9.47 Å². The number of hydrogen-bond donors (Lipinski definition) is 2. The second-order valence-electron chi connectivity index (χ2n) is 9.96. The maximum absolute atomic E-state index is 10.5. The largest absolute Gasteiger partial charge is 0.507 e. The Labute approximate surface area is 239 Å². The minimum Gasteiger partial charge on any atom is -0.507 e. The van der Waals surface area contributed by atoms with Crippen LogP contribution in [0.3, 0.4) is 0 Å². The summed E-state index contributed by atoms with van der Waals surface area (Å²) in [5, 5.41) is 21.0. The highest BCUT2D eigenvalue weighted by Crippen LogP contribution is 2.25. The molecule has 0 aliphatic heterocycles. The second-order valence-corrected chi connectivity index (χ2v) is 9.96. The maximum atomic E-state index is 10.5. The van der Waals surface area contributed by atoms with Crippen LogP contribution in [0.25, 0.3) is 0 Å². The van der Waals surface area contributed by atoms with Crippen molar-refractivity contribution >= 4 is 12.4 Å². The molecule has 0 amide bonds. The lowest BCUT2D eigenvalue weighted by Gasteiger charge is -2.11. The topological polar surface area (TPSA) is 83.6 Å². The third kappa shape index (κ3) is 10.8. The van der Waals surface area contributed by atoms with Gasteiger partial charge < -0.3 is 19.7 Å². The number of ether oxygens (including phenoxy) is 2. The summed E-state index contributed by atoms with van der Waals surface area (Å²) in [6, 6.07) is 20.3. The number of benzene rings is 3. The molecule has 1 atom stereocenters. The van der Waals surface area contributed by atoms with Gasteiger partial charge in [-0.25, -0.2) is 0 Å². The first-order valence-electron chi connectivity index (χ1n) is 14.6. The minimum atomic E-state index is -0.251. The van der Waals surface area contributed by atoms with Crippen molar-refractivity contribution in [3.8, 4) is 23.0 Å². The molecule has 0 aliphatic carbocycles. The summed E-state index contributed by atoms with van der Waals surface area (Å²) in [6.45, 7) is 6.04. The standard InChI is InChI=1S/C34H44N2O4/c1-3-5-7-12-20-39-30-18-16-28(33(37)22-30)24-35-26-32(27-14-10-9-11-15-27)36-25-29-17-19-31(23-34(29)38)40-21-13-8-6-4-2/h9-11,14-19,22-25,32,37-38H,3-8,12-13,20-21,26H2,1-2H3. The van der Waals surface area contributed by atoms with Gasteiger partial charge >= 0.3 is 0 Å². The monoisotopic (exact) mass is 544 g/mol. The third-order valence-corrected chi connectivity index (χ3v) is 6.62. The van der Waals surface area contributed by atoms with E-state index in [1.165, 1.54) is 25.7 Å². The van der Waals surface area contributed by atoms with E-state index < -0.39 is 0 Å². The van der Waals surface area contributed by atoms with Gasteiger partial charge in [0.1, 0.15) is 23.0 Å². The van der Waals surface area contributed by atoms with Gasteiger partial charge in [0.15, 0.2) is 0 Å². The first kappa shape index (κ1) is 30.7. The van der Waals surface area contributed by atoms with Crippen LogP contribution in [-0.2, 0) is 0 Å². The Morgan fingerprint density at radius 2 is 1.23 bits per heavy atom. The zero-order chi connectivity index (χ0) is 28.4. The molecule has 3 aromatic rings. The summed E-state index contributed by atoms with van der Waals surface area (Å²) < 4.78 is 11.5. The smallest absolute Gasteiger partial charge is 0.128 e. The van der Waals surface area contributed by atoms with E-state index in [0.717, 1.165) is 31.2 Å². The molecule has 1 unspecified atom stereocenters. The van der Waals surface area contributed by atoms with E-state index in [-0.39, 0.29) is 17.5 Å². The quantitative estimate of drug-likeness (QED) is 0.125.